The molecule has 0 N–H and O–H groups in total. The van der Waals surface area contributed by atoms with Gasteiger partial charge in [-0.3, -0.25) is 0 Å². The molecule has 0 aliphatic heterocycles. The molecule has 0 bridgehead atoms. The van der Waals surface area contributed by atoms with Crippen LogP contribution in [0.4, 0.5) is 0 Å². The SMILES string of the molecule is [B]c1c([B])c([B])c(-c2c3ccccc3c(Br)c3c([B])c([B])c([B])c([B])c23)c([B])c1[B]. The van der Waals surface area contributed by atoms with Crippen molar-refractivity contribution in [2.24, 2.45) is 0 Å². The van der Waals surface area contributed by atoms with E-state index in [1.54, 1.807) is 0 Å². The molecule has 0 saturated heterocycles. The fourth-order valence-electron chi connectivity index (χ4n) is 3.86. The van der Waals surface area contributed by atoms with Gasteiger partial charge < -0.3 is 0 Å². The van der Waals surface area contributed by atoms with Gasteiger partial charge in [0, 0.05) is 4.47 Å². The molecular weight excluding hydrogens is 417 g/mol. The molecule has 0 spiro atoms. The van der Waals surface area contributed by atoms with E-state index in [4.69, 9.17) is 70.6 Å². The second-order valence-corrected chi connectivity index (χ2v) is 7.88. The summed E-state index contributed by atoms with van der Waals surface area (Å²) in [5, 5.41) is 2.74. The Labute approximate surface area is 196 Å². The van der Waals surface area contributed by atoms with Crippen LogP contribution in [0.2, 0.25) is 0 Å². The number of halogens is 1. The molecule has 4 aromatic carbocycles. The van der Waals surface area contributed by atoms with E-state index in [2.05, 4.69) is 15.9 Å². The quantitative estimate of drug-likeness (QED) is 0.215. The van der Waals surface area contributed by atoms with Gasteiger partial charge in [-0.05, 0) is 48.6 Å². The van der Waals surface area contributed by atoms with Crippen molar-refractivity contribution in [1.29, 1.82) is 0 Å². The molecule has 4 rings (SSSR count). The molecule has 30 heavy (non-hydrogen) atoms. The van der Waals surface area contributed by atoms with Crippen molar-refractivity contribution in [1.82, 2.24) is 0 Å². The van der Waals surface area contributed by atoms with E-state index in [0.29, 0.717) is 26.4 Å². The molecule has 0 fully saturated rings. The number of hydrogen-bond donors (Lipinski definition) is 0. The topological polar surface area (TPSA) is 0 Å². The minimum Gasteiger partial charge on any atom is -0.112 e. The Morgan fingerprint density at radius 1 is 0.433 bits per heavy atom. The van der Waals surface area contributed by atoms with Crippen LogP contribution in [0.25, 0.3) is 32.7 Å². The standard InChI is InChI=1S/C20H4B9Br/c21-11-8-7(9-12(22)16(26)19(29)17(27)13(9)23)5-3-1-2-4-6(5)20(30)10(8)14(24)18(28)15(11)25/h1-4H. The molecule has 0 nitrogen and oxygen atoms in total. The molecule has 18 radical (unpaired) electrons. The lowest BCUT2D eigenvalue weighted by Gasteiger charge is -2.27. The zero-order valence-electron chi connectivity index (χ0n) is 15.9. The molecular formula is C20H4B9Br. The van der Waals surface area contributed by atoms with Crippen molar-refractivity contribution in [3.05, 3.63) is 28.7 Å². The summed E-state index contributed by atoms with van der Waals surface area (Å²) < 4.78 is 0.710. The molecule has 4 aromatic rings. The summed E-state index contributed by atoms with van der Waals surface area (Å²) in [7, 11) is 56.1. The molecule has 118 valence electrons. The van der Waals surface area contributed by atoms with Crippen molar-refractivity contribution < 1.29 is 0 Å². The van der Waals surface area contributed by atoms with Crippen LogP contribution in [0.1, 0.15) is 0 Å². The summed E-state index contributed by atoms with van der Waals surface area (Å²) in [5.74, 6) is 0. The van der Waals surface area contributed by atoms with Crippen LogP contribution < -0.4 is 49.2 Å². The first kappa shape index (κ1) is 21.7. The van der Waals surface area contributed by atoms with Crippen molar-refractivity contribution in [2.45, 2.75) is 0 Å². The zero-order valence-corrected chi connectivity index (χ0v) is 17.5. The van der Waals surface area contributed by atoms with Gasteiger partial charge in [-0.25, -0.2) is 0 Å². The molecule has 0 unspecified atom stereocenters. The summed E-state index contributed by atoms with van der Waals surface area (Å²) in [6.07, 6.45) is 0. The molecule has 0 amide bonds. The minimum atomic E-state index is 0.121. The summed E-state index contributed by atoms with van der Waals surface area (Å²) in [4.78, 5) is 0. The molecule has 0 aliphatic carbocycles. The largest absolute Gasteiger partial charge is 0.113 e. The number of benzene rings is 4. The highest BCUT2D eigenvalue weighted by Gasteiger charge is 2.22. The van der Waals surface area contributed by atoms with Crippen LogP contribution >= 0.6 is 15.9 Å². The predicted molar refractivity (Wildman–Crippen MR) is 143 cm³/mol. The fraction of sp³-hybridized carbons (Fsp3) is 0. The van der Waals surface area contributed by atoms with Gasteiger partial charge in [-0.15, -0.1) is 27.3 Å². The van der Waals surface area contributed by atoms with E-state index in [-0.39, 0.29) is 49.2 Å². The smallest absolute Gasteiger partial charge is 0.112 e. The third kappa shape index (κ3) is 2.86. The monoisotopic (exact) mass is 422 g/mol. The normalized spacial score (nSPS) is 11.4. The van der Waals surface area contributed by atoms with Crippen LogP contribution in [-0.4, -0.2) is 70.6 Å². The molecule has 10 heteroatoms. The van der Waals surface area contributed by atoms with Gasteiger partial charge >= 0.3 is 0 Å². The van der Waals surface area contributed by atoms with Gasteiger partial charge in [-0.2, -0.15) is 0 Å². The van der Waals surface area contributed by atoms with Gasteiger partial charge in [0.2, 0.25) is 0 Å². The van der Waals surface area contributed by atoms with Crippen molar-refractivity contribution in [2.75, 3.05) is 0 Å². The van der Waals surface area contributed by atoms with Crippen LogP contribution in [0, 0.1) is 0 Å². The Morgan fingerprint density at radius 2 is 0.833 bits per heavy atom. The Bertz CT molecular complexity index is 1370. The maximum atomic E-state index is 6.44. The third-order valence-corrected chi connectivity index (χ3v) is 6.33. The predicted octanol–water partition coefficient (Wildman–Crippen LogP) is -4.43. The Balaban J connectivity index is 2.43. The van der Waals surface area contributed by atoms with E-state index in [9.17, 15) is 0 Å². The van der Waals surface area contributed by atoms with Gasteiger partial charge in [0.25, 0.3) is 0 Å². The molecule has 0 heterocycles. The van der Waals surface area contributed by atoms with E-state index in [1.807, 2.05) is 24.3 Å². The van der Waals surface area contributed by atoms with Gasteiger partial charge in [-0.1, -0.05) is 46.1 Å². The van der Waals surface area contributed by atoms with E-state index >= 15 is 0 Å². The first-order chi connectivity index (χ1) is 14.1. The lowest BCUT2D eigenvalue weighted by Crippen LogP contribution is -2.55. The van der Waals surface area contributed by atoms with E-state index in [0.717, 1.165) is 10.8 Å². The Morgan fingerprint density at radius 3 is 1.37 bits per heavy atom. The third-order valence-electron chi connectivity index (χ3n) is 5.51. The number of hydrogen-bond acceptors (Lipinski definition) is 0. The highest BCUT2D eigenvalue weighted by atomic mass is 79.9. The first-order valence-corrected chi connectivity index (χ1v) is 9.66. The summed E-state index contributed by atoms with van der Waals surface area (Å²) >= 11 is 3.65. The zero-order chi connectivity index (χ0) is 22.1. The maximum Gasteiger partial charge on any atom is 0.113 e. The highest BCUT2D eigenvalue weighted by Crippen LogP contribution is 2.38. The average molecular weight is 421 g/mol. The number of fused-ring (bicyclic) bond motifs is 2. The highest BCUT2D eigenvalue weighted by molar-refractivity contribution is 9.10. The van der Waals surface area contributed by atoms with Gasteiger partial charge in [0.15, 0.2) is 0 Å². The Hall–Kier alpha value is -1.54. The van der Waals surface area contributed by atoms with Crippen molar-refractivity contribution in [3.8, 4) is 11.1 Å². The number of rotatable bonds is 1. The Kier molecular flexibility index (Phi) is 5.46. The molecule has 0 aromatic heterocycles. The second-order valence-electron chi connectivity index (χ2n) is 7.08. The lowest BCUT2D eigenvalue weighted by atomic mass is 9.58. The van der Waals surface area contributed by atoms with E-state index < -0.39 is 0 Å². The molecule has 0 aliphatic rings. The van der Waals surface area contributed by atoms with E-state index in [1.165, 1.54) is 0 Å². The van der Waals surface area contributed by atoms with Crippen LogP contribution in [0.15, 0.2) is 28.7 Å². The molecule has 0 saturated carbocycles. The summed E-state index contributed by atoms with van der Waals surface area (Å²) in [5.41, 5.74) is 2.62. The van der Waals surface area contributed by atoms with Crippen LogP contribution in [0.3, 0.4) is 0 Å². The van der Waals surface area contributed by atoms with Gasteiger partial charge in [0.1, 0.15) is 70.6 Å². The maximum absolute atomic E-state index is 6.44. The summed E-state index contributed by atoms with van der Waals surface area (Å²) in [6.45, 7) is 0. The van der Waals surface area contributed by atoms with Gasteiger partial charge in [0.05, 0.1) is 0 Å². The summed E-state index contributed by atoms with van der Waals surface area (Å²) in [6, 6.07) is 7.58. The molecule has 0 atom stereocenters. The van der Waals surface area contributed by atoms with Crippen molar-refractivity contribution >= 4 is 157 Å². The van der Waals surface area contributed by atoms with Crippen LogP contribution in [0.5, 0.6) is 0 Å². The lowest BCUT2D eigenvalue weighted by molar-refractivity contribution is 1.77. The van der Waals surface area contributed by atoms with Crippen molar-refractivity contribution in [3.63, 3.8) is 0 Å². The second kappa shape index (κ2) is 7.55. The minimum absolute atomic E-state index is 0.121. The first-order valence-electron chi connectivity index (χ1n) is 8.86. The average Bonchev–Trinajstić information content (AvgIpc) is 2.74. The van der Waals surface area contributed by atoms with Crippen LogP contribution in [-0.2, 0) is 0 Å². The fourth-order valence-corrected chi connectivity index (χ4v) is 4.61.